The molecule has 0 bridgehead atoms. The predicted molar refractivity (Wildman–Crippen MR) is 52.4 cm³/mol. The number of aromatic nitrogens is 2. The Bertz CT molecular complexity index is 397. The zero-order valence-electron chi connectivity index (χ0n) is 8.60. The SMILES string of the molecule is CCC(C(N)=O)n1cc(C(=O)O)c(C)n1. The van der Waals surface area contributed by atoms with Crippen molar-refractivity contribution in [3.05, 3.63) is 17.5 Å². The third kappa shape index (κ3) is 2.15. The molecule has 0 radical (unpaired) electrons. The van der Waals surface area contributed by atoms with Crippen LogP contribution < -0.4 is 5.73 Å². The van der Waals surface area contributed by atoms with Gasteiger partial charge in [0.25, 0.3) is 0 Å². The van der Waals surface area contributed by atoms with Crippen LogP contribution in [-0.4, -0.2) is 26.8 Å². The van der Waals surface area contributed by atoms with E-state index in [-0.39, 0.29) is 5.56 Å². The van der Waals surface area contributed by atoms with Crippen LogP contribution in [0.4, 0.5) is 0 Å². The predicted octanol–water partition coefficient (Wildman–Crippen LogP) is 0.326. The van der Waals surface area contributed by atoms with Crippen LogP contribution in [0.3, 0.4) is 0 Å². The molecule has 0 fully saturated rings. The lowest BCUT2D eigenvalue weighted by Crippen LogP contribution is -2.26. The molecule has 0 saturated heterocycles. The number of aromatic carboxylic acids is 1. The molecule has 6 nitrogen and oxygen atoms in total. The van der Waals surface area contributed by atoms with Gasteiger partial charge in [0, 0.05) is 6.20 Å². The summed E-state index contributed by atoms with van der Waals surface area (Å²) >= 11 is 0. The van der Waals surface area contributed by atoms with E-state index in [1.165, 1.54) is 10.9 Å². The zero-order chi connectivity index (χ0) is 11.6. The second-order valence-electron chi connectivity index (χ2n) is 3.24. The third-order valence-electron chi connectivity index (χ3n) is 2.18. The fraction of sp³-hybridized carbons (Fsp3) is 0.444. The molecule has 0 spiro atoms. The van der Waals surface area contributed by atoms with Crippen molar-refractivity contribution in [2.75, 3.05) is 0 Å². The molecule has 1 amide bonds. The lowest BCUT2D eigenvalue weighted by molar-refractivity contribution is -0.121. The van der Waals surface area contributed by atoms with Gasteiger partial charge in [-0.3, -0.25) is 9.48 Å². The van der Waals surface area contributed by atoms with Gasteiger partial charge in [-0.15, -0.1) is 0 Å². The highest BCUT2D eigenvalue weighted by Gasteiger charge is 2.19. The summed E-state index contributed by atoms with van der Waals surface area (Å²) in [5.41, 5.74) is 5.64. The molecule has 1 rings (SSSR count). The van der Waals surface area contributed by atoms with Gasteiger partial charge in [-0.05, 0) is 13.3 Å². The quantitative estimate of drug-likeness (QED) is 0.749. The minimum absolute atomic E-state index is 0.0923. The molecule has 15 heavy (non-hydrogen) atoms. The Morgan fingerprint density at radius 3 is 2.60 bits per heavy atom. The van der Waals surface area contributed by atoms with Gasteiger partial charge in [-0.2, -0.15) is 5.10 Å². The van der Waals surface area contributed by atoms with Crippen molar-refractivity contribution in [2.45, 2.75) is 26.3 Å². The lowest BCUT2D eigenvalue weighted by Gasteiger charge is -2.10. The van der Waals surface area contributed by atoms with Crippen molar-refractivity contribution in [3.8, 4) is 0 Å². The van der Waals surface area contributed by atoms with E-state index in [1.807, 2.05) is 0 Å². The first-order valence-corrected chi connectivity index (χ1v) is 4.55. The van der Waals surface area contributed by atoms with Crippen LogP contribution in [0.2, 0.25) is 0 Å². The second-order valence-corrected chi connectivity index (χ2v) is 3.24. The molecule has 0 aromatic carbocycles. The van der Waals surface area contributed by atoms with Crippen LogP contribution in [0.15, 0.2) is 6.20 Å². The average Bonchev–Trinajstić information content (AvgIpc) is 2.48. The summed E-state index contributed by atoms with van der Waals surface area (Å²) < 4.78 is 1.31. The van der Waals surface area contributed by atoms with Crippen molar-refractivity contribution in [3.63, 3.8) is 0 Å². The molecular weight excluding hydrogens is 198 g/mol. The number of hydrogen-bond donors (Lipinski definition) is 2. The molecule has 0 saturated carbocycles. The van der Waals surface area contributed by atoms with E-state index in [2.05, 4.69) is 5.10 Å². The molecular formula is C9H13N3O3. The Hall–Kier alpha value is -1.85. The van der Waals surface area contributed by atoms with E-state index in [0.29, 0.717) is 12.1 Å². The monoisotopic (exact) mass is 211 g/mol. The number of aryl methyl sites for hydroxylation is 1. The van der Waals surface area contributed by atoms with Gasteiger partial charge >= 0.3 is 5.97 Å². The summed E-state index contributed by atoms with van der Waals surface area (Å²) in [4.78, 5) is 21.8. The van der Waals surface area contributed by atoms with Crippen molar-refractivity contribution in [1.82, 2.24) is 9.78 Å². The number of rotatable bonds is 4. The van der Waals surface area contributed by atoms with Crippen LogP contribution in [0.1, 0.15) is 35.4 Å². The minimum atomic E-state index is -1.06. The molecule has 1 atom stereocenters. The maximum absolute atomic E-state index is 11.0. The van der Waals surface area contributed by atoms with Crippen molar-refractivity contribution in [2.24, 2.45) is 5.73 Å². The summed E-state index contributed by atoms with van der Waals surface area (Å²) in [6.45, 7) is 3.36. The third-order valence-corrected chi connectivity index (χ3v) is 2.18. The molecule has 1 aromatic heterocycles. The lowest BCUT2D eigenvalue weighted by atomic mass is 10.2. The highest BCUT2D eigenvalue weighted by atomic mass is 16.4. The number of amides is 1. The fourth-order valence-electron chi connectivity index (χ4n) is 1.37. The van der Waals surface area contributed by atoms with Crippen molar-refractivity contribution in [1.29, 1.82) is 0 Å². The first kappa shape index (κ1) is 11.2. The van der Waals surface area contributed by atoms with Gasteiger partial charge in [-0.1, -0.05) is 6.92 Å². The van der Waals surface area contributed by atoms with Crippen molar-refractivity contribution < 1.29 is 14.7 Å². The van der Waals surface area contributed by atoms with Gasteiger partial charge < -0.3 is 10.8 Å². The van der Waals surface area contributed by atoms with Gasteiger partial charge in [-0.25, -0.2) is 4.79 Å². The van der Waals surface area contributed by atoms with Gasteiger partial charge in [0.2, 0.25) is 5.91 Å². The van der Waals surface area contributed by atoms with Crippen molar-refractivity contribution >= 4 is 11.9 Å². The molecule has 82 valence electrons. The fourth-order valence-corrected chi connectivity index (χ4v) is 1.37. The Kier molecular flexibility index (Phi) is 3.08. The maximum atomic E-state index is 11.0. The largest absolute Gasteiger partial charge is 0.478 e. The van der Waals surface area contributed by atoms with E-state index >= 15 is 0 Å². The number of primary amides is 1. The molecule has 0 aliphatic heterocycles. The maximum Gasteiger partial charge on any atom is 0.339 e. The number of hydrogen-bond acceptors (Lipinski definition) is 3. The van der Waals surface area contributed by atoms with Crippen LogP contribution in [0, 0.1) is 6.92 Å². The normalized spacial score (nSPS) is 12.4. The molecule has 0 aliphatic carbocycles. The number of carbonyl (C=O) groups is 2. The number of nitrogens with zero attached hydrogens (tertiary/aromatic N) is 2. The van der Waals surface area contributed by atoms with Crippen LogP contribution >= 0.6 is 0 Å². The summed E-state index contributed by atoms with van der Waals surface area (Å²) in [7, 11) is 0. The number of carboxylic acids is 1. The summed E-state index contributed by atoms with van der Waals surface area (Å²) in [6.07, 6.45) is 1.81. The number of carbonyl (C=O) groups excluding carboxylic acids is 1. The van der Waals surface area contributed by atoms with E-state index in [9.17, 15) is 9.59 Å². The van der Waals surface area contributed by atoms with Crippen LogP contribution in [-0.2, 0) is 4.79 Å². The molecule has 0 aliphatic rings. The van der Waals surface area contributed by atoms with Gasteiger partial charge in [0.05, 0.1) is 5.69 Å². The highest BCUT2D eigenvalue weighted by Crippen LogP contribution is 2.13. The first-order chi connectivity index (χ1) is 6.97. The highest BCUT2D eigenvalue weighted by molar-refractivity contribution is 5.88. The Labute approximate surface area is 86.7 Å². The Morgan fingerprint density at radius 1 is 1.67 bits per heavy atom. The van der Waals surface area contributed by atoms with E-state index in [0.717, 1.165) is 0 Å². The summed E-state index contributed by atoms with van der Waals surface area (Å²) in [5.74, 6) is -1.57. The van der Waals surface area contributed by atoms with E-state index < -0.39 is 17.9 Å². The zero-order valence-corrected chi connectivity index (χ0v) is 8.60. The first-order valence-electron chi connectivity index (χ1n) is 4.55. The Balaban J connectivity index is 3.10. The summed E-state index contributed by atoms with van der Waals surface area (Å²) in [6, 6.07) is -0.586. The van der Waals surface area contributed by atoms with Crippen LogP contribution in [0.25, 0.3) is 0 Å². The number of nitrogens with two attached hydrogens (primary N) is 1. The molecule has 1 unspecified atom stereocenters. The molecule has 3 N–H and O–H groups in total. The van der Waals surface area contributed by atoms with E-state index in [1.54, 1.807) is 13.8 Å². The van der Waals surface area contributed by atoms with Gasteiger partial charge in [0.15, 0.2) is 0 Å². The number of carboxylic acid groups (broad SMARTS) is 1. The average molecular weight is 211 g/mol. The molecule has 1 aromatic rings. The Morgan fingerprint density at radius 2 is 2.27 bits per heavy atom. The second kappa shape index (κ2) is 4.12. The van der Waals surface area contributed by atoms with Gasteiger partial charge in [0.1, 0.15) is 11.6 Å². The van der Waals surface area contributed by atoms with E-state index in [4.69, 9.17) is 10.8 Å². The topological polar surface area (TPSA) is 98.2 Å². The summed E-state index contributed by atoms with van der Waals surface area (Å²) in [5, 5.41) is 12.8. The standard InChI is InChI=1S/C9H13N3O3/c1-3-7(8(10)13)12-4-6(9(14)15)5(2)11-12/h4,7H,3H2,1-2H3,(H2,10,13)(H,14,15). The molecule has 1 heterocycles. The molecule has 6 heteroatoms. The minimum Gasteiger partial charge on any atom is -0.478 e. The van der Waals surface area contributed by atoms with Crippen LogP contribution in [0.5, 0.6) is 0 Å². The smallest absolute Gasteiger partial charge is 0.339 e.